The summed E-state index contributed by atoms with van der Waals surface area (Å²) in [4.78, 5) is 21.7. The maximum absolute atomic E-state index is 13.1. The van der Waals surface area contributed by atoms with Gasteiger partial charge in [0.2, 0.25) is 11.8 Å². The summed E-state index contributed by atoms with van der Waals surface area (Å²) in [5.74, 6) is 1.21. The predicted octanol–water partition coefficient (Wildman–Crippen LogP) is 2.54. The topological polar surface area (TPSA) is 45.7 Å². The zero-order valence-corrected chi connectivity index (χ0v) is 15.4. The van der Waals surface area contributed by atoms with E-state index in [4.69, 9.17) is 4.74 Å². The molecule has 26 heavy (non-hydrogen) atoms. The monoisotopic (exact) mass is 351 g/mol. The van der Waals surface area contributed by atoms with Crippen molar-refractivity contribution in [2.45, 2.75) is 18.9 Å². The molecule has 2 aliphatic rings. The van der Waals surface area contributed by atoms with Crippen LogP contribution in [0.2, 0.25) is 0 Å². The summed E-state index contributed by atoms with van der Waals surface area (Å²) in [5.41, 5.74) is 2.03. The average molecular weight is 351 g/mol. The SMILES string of the molecule is COc1ncccc1CN1CC[C@@]2(C1)C(=O)N(C)C[C@H]2c1ccccc1. The van der Waals surface area contributed by atoms with Crippen molar-refractivity contribution in [2.24, 2.45) is 5.41 Å². The number of likely N-dealkylation sites (tertiary alicyclic amines) is 2. The Kier molecular flexibility index (Phi) is 4.41. The molecule has 0 unspecified atom stereocenters. The lowest BCUT2D eigenvalue weighted by molar-refractivity contribution is -0.134. The summed E-state index contributed by atoms with van der Waals surface area (Å²) in [7, 11) is 3.58. The number of hydrogen-bond acceptors (Lipinski definition) is 4. The fourth-order valence-corrected chi connectivity index (χ4v) is 4.65. The first kappa shape index (κ1) is 17.0. The summed E-state index contributed by atoms with van der Waals surface area (Å²) in [5, 5.41) is 0. The predicted molar refractivity (Wildman–Crippen MR) is 99.9 cm³/mol. The van der Waals surface area contributed by atoms with Gasteiger partial charge in [0.05, 0.1) is 12.5 Å². The average Bonchev–Trinajstić information content (AvgIpc) is 3.20. The molecule has 1 aromatic heterocycles. The molecule has 0 N–H and O–H groups in total. The molecule has 0 aliphatic carbocycles. The van der Waals surface area contributed by atoms with Crippen LogP contribution in [0.5, 0.6) is 5.88 Å². The van der Waals surface area contributed by atoms with E-state index in [-0.39, 0.29) is 17.2 Å². The van der Waals surface area contributed by atoms with E-state index in [0.717, 1.165) is 38.2 Å². The van der Waals surface area contributed by atoms with Gasteiger partial charge >= 0.3 is 0 Å². The summed E-state index contributed by atoms with van der Waals surface area (Å²) in [6.45, 7) is 3.26. The van der Waals surface area contributed by atoms with E-state index in [2.05, 4.69) is 34.1 Å². The molecule has 2 aliphatic heterocycles. The molecule has 1 aromatic carbocycles. The minimum absolute atomic E-state index is 0.252. The highest BCUT2D eigenvalue weighted by Crippen LogP contribution is 2.49. The lowest BCUT2D eigenvalue weighted by Crippen LogP contribution is -2.37. The van der Waals surface area contributed by atoms with Crippen molar-refractivity contribution >= 4 is 5.91 Å². The lowest BCUT2D eigenvalue weighted by atomic mass is 9.73. The normalized spacial score (nSPS) is 26.0. The molecule has 0 bridgehead atoms. The third kappa shape index (κ3) is 2.76. The summed E-state index contributed by atoms with van der Waals surface area (Å²) < 4.78 is 5.39. The van der Waals surface area contributed by atoms with Gasteiger partial charge < -0.3 is 9.64 Å². The molecule has 4 rings (SSSR count). The quantitative estimate of drug-likeness (QED) is 0.849. The number of nitrogens with zero attached hydrogens (tertiary/aromatic N) is 3. The smallest absolute Gasteiger partial charge is 0.230 e. The number of benzene rings is 1. The molecule has 2 aromatic rings. The number of amides is 1. The molecule has 2 atom stereocenters. The summed E-state index contributed by atoms with van der Waals surface area (Å²) >= 11 is 0. The summed E-state index contributed by atoms with van der Waals surface area (Å²) in [6, 6.07) is 14.5. The molecular weight excluding hydrogens is 326 g/mol. The van der Waals surface area contributed by atoms with Gasteiger partial charge in [-0.05, 0) is 24.6 Å². The zero-order chi connectivity index (χ0) is 18.1. The van der Waals surface area contributed by atoms with Crippen LogP contribution in [0.4, 0.5) is 0 Å². The van der Waals surface area contributed by atoms with E-state index in [1.54, 1.807) is 13.3 Å². The Labute approximate surface area is 154 Å². The first-order valence-corrected chi connectivity index (χ1v) is 9.15. The number of rotatable bonds is 4. The molecule has 2 fully saturated rings. The Morgan fingerprint density at radius 1 is 1.23 bits per heavy atom. The molecular formula is C21H25N3O2. The number of aromatic nitrogens is 1. The number of ether oxygens (including phenoxy) is 1. The van der Waals surface area contributed by atoms with Crippen molar-refractivity contribution < 1.29 is 9.53 Å². The van der Waals surface area contributed by atoms with Gasteiger partial charge in [-0.15, -0.1) is 0 Å². The van der Waals surface area contributed by atoms with Crippen LogP contribution in [0.1, 0.15) is 23.5 Å². The highest BCUT2D eigenvalue weighted by Gasteiger charge is 2.56. The second kappa shape index (κ2) is 6.72. The molecule has 1 spiro atoms. The van der Waals surface area contributed by atoms with Crippen LogP contribution in [0.15, 0.2) is 48.7 Å². The van der Waals surface area contributed by atoms with Gasteiger partial charge in [-0.25, -0.2) is 4.98 Å². The van der Waals surface area contributed by atoms with Gasteiger partial charge in [-0.1, -0.05) is 36.4 Å². The fourth-order valence-electron chi connectivity index (χ4n) is 4.65. The number of carbonyl (C=O) groups excluding carboxylic acids is 1. The molecule has 5 heteroatoms. The van der Waals surface area contributed by atoms with Crippen LogP contribution < -0.4 is 4.74 Å². The van der Waals surface area contributed by atoms with Crippen molar-refractivity contribution in [1.29, 1.82) is 0 Å². The van der Waals surface area contributed by atoms with Crippen molar-refractivity contribution in [1.82, 2.24) is 14.8 Å². The molecule has 1 amide bonds. The third-order valence-corrected chi connectivity index (χ3v) is 5.92. The van der Waals surface area contributed by atoms with Crippen molar-refractivity contribution in [3.63, 3.8) is 0 Å². The molecule has 136 valence electrons. The summed E-state index contributed by atoms with van der Waals surface area (Å²) in [6.07, 6.45) is 2.65. The molecule has 0 radical (unpaired) electrons. The largest absolute Gasteiger partial charge is 0.481 e. The van der Waals surface area contributed by atoms with Crippen molar-refractivity contribution in [3.05, 3.63) is 59.8 Å². The van der Waals surface area contributed by atoms with Crippen LogP contribution in [-0.2, 0) is 11.3 Å². The van der Waals surface area contributed by atoms with E-state index < -0.39 is 0 Å². The fraction of sp³-hybridized carbons (Fsp3) is 0.429. The van der Waals surface area contributed by atoms with Crippen LogP contribution in [0.3, 0.4) is 0 Å². The van der Waals surface area contributed by atoms with Crippen molar-refractivity contribution in [3.8, 4) is 5.88 Å². The van der Waals surface area contributed by atoms with Crippen LogP contribution in [0, 0.1) is 5.41 Å². The Morgan fingerprint density at radius 3 is 2.81 bits per heavy atom. The highest BCUT2D eigenvalue weighted by molar-refractivity contribution is 5.87. The Balaban J connectivity index is 1.59. The second-order valence-electron chi connectivity index (χ2n) is 7.44. The van der Waals surface area contributed by atoms with Crippen molar-refractivity contribution in [2.75, 3.05) is 33.8 Å². The number of likely N-dealkylation sites (N-methyl/N-ethyl adjacent to an activating group) is 1. The Morgan fingerprint density at radius 2 is 2.04 bits per heavy atom. The molecule has 3 heterocycles. The molecule has 0 saturated carbocycles. The Bertz CT molecular complexity index is 795. The maximum Gasteiger partial charge on any atom is 0.230 e. The number of hydrogen-bond donors (Lipinski definition) is 0. The lowest BCUT2D eigenvalue weighted by Gasteiger charge is -2.29. The van der Waals surface area contributed by atoms with Crippen LogP contribution in [-0.4, -0.2) is 54.5 Å². The first-order chi connectivity index (χ1) is 12.6. The zero-order valence-electron chi connectivity index (χ0n) is 15.4. The minimum atomic E-state index is -0.314. The Hall–Kier alpha value is -2.40. The van der Waals surface area contributed by atoms with Gasteiger partial charge in [0.15, 0.2) is 0 Å². The van der Waals surface area contributed by atoms with Crippen LogP contribution in [0.25, 0.3) is 0 Å². The second-order valence-corrected chi connectivity index (χ2v) is 7.44. The third-order valence-electron chi connectivity index (χ3n) is 5.92. The minimum Gasteiger partial charge on any atom is -0.481 e. The number of carbonyl (C=O) groups is 1. The maximum atomic E-state index is 13.1. The van der Waals surface area contributed by atoms with E-state index in [0.29, 0.717) is 5.88 Å². The van der Waals surface area contributed by atoms with E-state index in [9.17, 15) is 4.79 Å². The number of methoxy groups -OCH3 is 1. The first-order valence-electron chi connectivity index (χ1n) is 9.15. The van der Waals surface area contributed by atoms with Gasteiger partial charge in [0, 0.05) is 44.4 Å². The van der Waals surface area contributed by atoms with E-state index in [1.165, 1.54) is 5.56 Å². The highest BCUT2D eigenvalue weighted by atomic mass is 16.5. The van der Waals surface area contributed by atoms with E-state index in [1.807, 2.05) is 30.1 Å². The van der Waals surface area contributed by atoms with Gasteiger partial charge in [0.1, 0.15) is 0 Å². The molecule has 5 nitrogen and oxygen atoms in total. The van der Waals surface area contributed by atoms with Gasteiger partial charge in [-0.2, -0.15) is 0 Å². The van der Waals surface area contributed by atoms with Crippen LogP contribution >= 0.6 is 0 Å². The number of pyridine rings is 1. The standard InChI is InChI=1S/C21H25N3O2/c1-23-14-18(16-7-4-3-5-8-16)21(20(23)25)10-12-24(15-21)13-17-9-6-11-22-19(17)26-2/h3-9,11,18H,10,12-15H2,1-2H3/t18-,21-/m0/s1. The van der Waals surface area contributed by atoms with Gasteiger partial charge in [0.25, 0.3) is 0 Å². The van der Waals surface area contributed by atoms with Gasteiger partial charge in [-0.3, -0.25) is 9.69 Å². The van der Waals surface area contributed by atoms with E-state index >= 15 is 0 Å². The molecule has 2 saturated heterocycles.